The molecule has 0 aliphatic heterocycles. The Hall–Kier alpha value is -1.09. The summed E-state index contributed by atoms with van der Waals surface area (Å²) in [4.78, 5) is 5.34. The predicted octanol–water partition coefficient (Wildman–Crippen LogP) is 2.44. The van der Waals surface area contributed by atoms with Crippen LogP contribution in [-0.4, -0.2) is 31.8 Å². The maximum Gasteiger partial charge on any atom is 0.242 e. The molecule has 0 radical (unpaired) electrons. The summed E-state index contributed by atoms with van der Waals surface area (Å²) in [5, 5.41) is 1.96. The molecule has 2 N–H and O–H groups in total. The molecular formula is C12H15N3O2S3. The topological polar surface area (TPSA) is 76.3 Å². The van der Waals surface area contributed by atoms with E-state index in [4.69, 9.17) is 5.73 Å². The van der Waals surface area contributed by atoms with Crippen molar-refractivity contribution in [3.63, 3.8) is 0 Å². The molecule has 0 saturated carbocycles. The Morgan fingerprint density at radius 2 is 2.05 bits per heavy atom. The molecule has 0 amide bonds. The van der Waals surface area contributed by atoms with Gasteiger partial charge >= 0.3 is 0 Å². The highest BCUT2D eigenvalue weighted by atomic mass is 32.2. The van der Waals surface area contributed by atoms with E-state index in [1.54, 1.807) is 12.1 Å². The number of hydrogen-bond donors (Lipinski definition) is 1. The summed E-state index contributed by atoms with van der Waals surface area (Å²) in [5.41, 5.74) is 7.34. The average Bonchev–Trinajstić information content (AvgIpc) is 2.77. The summed E-state index contributed by atoms with van der Waals surface area (Å²) in [6, 6.07) is 4.76. The average molecular weight is 329 g/mol. The number of nitrogens with two attached hydrogens (primary N) is 1. The van der Waals surface area contributed by atoms with Crippen molar-refractivity contribution in [1.29, 1.82) is 0 Å². The van der Waals surface area contributed by atoms with Crippen molar-refractivity contribution < 1.29 is 8.42 Å². The maximum absolute atomic E-state index is 12.0. The van der Waals surface area contributed by atoms with Crippen LogP contribution in [-0.2, 0) is 10.0 Å². The van der Waals surface area contributed by atoms with Crippen molar-refractivity contribution in [2.75, 3.05) is 19.8 Å². The van der Waals surface area contributed by atoms with Gasteiger partial charge in [-0.3, -0.25) is 0 Å². The number of anilines is 1. The van der Waals surface area contributed by atoms with E-state index in [1.807, 2.05) is 12.3 Å². The van der Waals surface area contributed by atoms with Crippen LogP contribution in [0, 0.1) is 6.92 Å². The van der Waals surface area contributed by atoms with Crippen LogP contribution in [0.15, 0.2) is 37.7 Å². The Balaban J connectivity index is 2.31. The molecule has 8 heteroatoms. The van der Waals surface area contributed by atoms with Crippen LogP contribution in [0.25, 0.3) is 0 Å². The van der Waals surface area contributed by atoms with E-state index in [1.165, 1.54) is 47.6 Å². The van der Waals surface area contributed by atoms with E-state index in [0.29, 0.717) is 5.69 Å². The lowest BCUT2D eigenvalue weighted by molar-refractivity contribution is 0.520. The summed E-state index contributed by atoms with van der Waals surface area (Å²) in [7, 11) is -0.469. The molecule has 5 nitrogen and oxygen atoms in total. The predicted molar refractivity (Wildman–Crippen MR) is 82.7 cm³/mol. The lowest BCUT2D eigenvalue weighted by Gasteiger charge is -2.12. The minimum atomic E-state index is -3.45. The lowest BCUT2D eigenvalue weighted by atomic mass is 10.3. The van der Waals surface area contributed by atoms with Gasteiger partial charge in [-0.25, -0.2) is 17.7 Å². The van der Waals surface area contributed by atoms with Gasteiger partial charge in [0.1, 0.15) is 0 Å². The third kappa shape index (κ3) is 3.14. The number of thiazole rings is 1. The fourth-order valence-corrected chi connectivity index (χ4v) is 4.22. The van der Waals surface area contributed by atoms with Gasteiger partial charge in [-0.05, 0) is 25.1 Å². The number of aromatic nitrogens is 1. The number of benzene rings is 1. The highest BCUT2D eigenvalue weighted by molar-refractivity contribution is 8.01. The van der Waals surface area contributed by atoms with E-state index in [2.05, 4.69) is 4.98 Å². The third-order valence-electron chi connectivity index (χ3n) is 2.56. The molecule has 1 aromatic heterocycles. The van der Waals surface area contributed by atoms with Gasteiger partial charge in [-0.1, -0.05) is 11.8 Å². The summed E-state index contributed by atoms with van der Waals surface area (Å²) in [5.74, 6) is 0. The number of aryl methyl sites for hydroxylation is 1. The number of nitrogens with zero attached hydrogens (tertiary/aromatic N) is 2. The molecule has 2 aromatic rings. The molecule has 0 fully saturated rings. The fourth-order valence-electron chi connectivity index (χ4n) is 1.46. The monoisotopic (exact) mass is 329 g/mol. The Kier molecular flexibility index (Phi) is 4.38. The third-order valence-corrected chi connectivity index (χ3v) is 6.51. The van der Waals surface area contributed by atoms with Gasteiger partial charge in [0, 0.05) is 35.8 Å². The molecule has 108 valence electrons. The van der Waals surface area contributed by atoms with E-state index < -0.39 is 10.0 Å². The summed E-state index contributed by atoms with van der Waals surface area (Å²) in [6.07, 6.45) is 0. The largest absolute Gasteiger partial charge is 0.398 e. The van der Waals surface area contributed by atoms with Crippen LogP contribution in [0.1, 0.15) is 5.69 Å². The van der Waals surface area contributed by atoms with Crippen molar-refractivity contribution in [1.82, 2.24) is 9.29 Å². The summed E-state index contributed by atoms with van der Waals surface area (Å²) < 4.78 is 26.1. The van der Waals surface area contributed by atoms with Crippen molar-refractivity contribution in [3.05, 3.63) is 29.3 Å². The molecule has 2 rings (SSSR count). The van der Waals surface area contributed by atoms with E-state index in [0.717, 1.165) is 14.9 Å². The maximum atomic E-state index is 12.0. The Morgan fingerprint density at radius 1 is 1.35 bits per heavy atom. The molecule has 0 unspecified atom stereocenters. The first-order valence-corrected chi connectivity index (χ1v) is 8.86. The van der Waals surface area contributed by atoms with Gasteiger partial charge in [0.25, 0.3) is 0 Å². The zero-order valence-corrected chi connectivity index (χ0v) is 13.8. The molecule has 0 spiro atoms. The van der Waals surface area contributed by atoms with E-state index in [-0.39, 0.29) is 4.90 Å². The minimum absolute atomic E-state index is 0.194. The van der Waals surface area contributed by atoms with Crippen LogP contribution in [0.4, 0.5) is 5.69 Å². The van der Waals surface area contributed by atoms with Gasteiger partial charge in [0.05, 0.1) is 4.90 Å². The number of hydrogen-bond acceptors (Lipinski definition) is 6. The van der Waals surface area contributed by atoms with Crippen LogP contribution in [0.3, 0.4) is 0 Å². The molecule has 1 aromatic carbocycles. The summed E-state index contributed by atoms with van der Waals surface area (Å²) in [6.45, 7) is 1.93. The first-order chi connectivity index (χ1) is 9.30. The smallest absolute Gasteiger partial charge is 0.242 e. The molecule has 20 heavy (non-hydrogen) atoms. The second-order valence-electron chi connectivity index (χ2n) is 4.34. The zero-order valence-electron chi connectivity index (χ0n) is 11.3. The molecule has 1 heterocycles. The van der Waals surface area contributed by atoms with Crippen LogP contribution < -0.4 is 5.73 Å². The molecule has 0 aliphatic rings. The Labute approximate surface area is 126 Å². The van der Waals surface area contributed by atoms with Gasteiger partial charge in [0.2, 0.25) is 10.0 Å². The SMILES string of the molecule is Cc1csc(Sc2ccc(S(=O)(=O)N(C)C)cc2N)n1. The normalized spacial score (nSPS) is 12.0. The van der Waals surface area contributed by atoms with Gasteiger partial charge in [0.15, 0.2) is 4.34 Å². The number of nitrogen functional groups attached to an aromatic ring is 1. The highest BCUT2D eigenvalue weighted by Crippen LogP contribution is 2.35. The molecule has 0 bridgehead atoms. The van der Waals surface area contributed by atoms with Crippen LogP contribution in [0.5, 0.6) is 0 Å². The zero-order chi connectivity index (χ0) is 14.9. The molecule has 0 aliphatic carbocycles. The Morgan fingerprint density at radius 3 is 2.55 bits per heavy atom. The van der Waals surface area contributed by atoms with E-state index >= 15 is 0 Å². The highest BCUT2D eigenvalue weighted by Gasteiger charge is 2.18. The van der Waals surface area contributed by atoms with Gasteiger partial charge in [-0.15, -0.1) is 11.3 Å². The standard InChI is InChI=1S/C12H15N3O2S3/c1-8-7-18-12(14-8)19-11-5-4-9(6-10(11)13)20(16,17)15(2)3/h4-7H,13H2,1-3H3. The fraction of sp³-hybridized carbons (Fsp3) is 0.250. The van der Waals surface area contributed by atoms with Crippen LogP contribution in [0.2, 0.25) is 0 Å². The Bertz CT molecular complexity index is 723. The van der Waals surface area contributed by atoms with E-state index in [9.17, 15) is 8.42 Å². The molecule has 0 saturated heterocycles. The van der Waals surface area contributed by atoms with Crippen LogP contribution >= 0.6 is 23.1 Å². The number of sulfonamides is 1. The molecule has 0 atom stereocenters. The lowest BCUT2D eigenvalue weighted by Crippen LogP contribution is -2.22. The van der Waals surface area contributed by atoms with Gasteiger partial charge in [-0.2, -0.15) is 0 Å². The van der Waals surface area contributed by atoms with Crippen molar-refractivity contribution in [2.24, 2.45) is 0 Å². The summed E-state index contributed by atoms with van der Waals surface area (Å²) >= 11 is 2.97. The second-order valence-corrected chi connectivity index (χ2v) is 8.64. The quantitative estimate of drug-likeness (QED) is 0.872. The van der Waals surface area contributed by atoms with Crippen molar-refractivity contribution in [3.8, 4) is 0 Å². The van der Waals surface area contributed by atoms with Crippen molar-refractivity contribution in [2.45, 2.75) is 21.1 Å². The van der Waals surface area contributed by atoms with Crippen molar-refractivity contribution >= 4 is 38.8 Å². The number of rotatable bonds is 4. The first-order valence-electron chi connectivity index (χ1n) is 5.73. The van der Waals surface area contributed by atoms with Gasteiger partial charge < -0.3 is 5.73 Å². The molecular weight excluding hydrogens is 314 g/mol. The first kappa shape index (κ1) is 15.3. The minimum Gasteiger partial charge on any atom is -0.398 e. The second kappa shape index (κ2) is 5.72.